The van der Waals surface area contributed by atoms with Crippen LogP contribution in [-0.2, 0) is 11.2 Å². The summed E-state index contributed by atoms with van der Waals surface area (Å²) in [4.78, 5) is 12.1. The van der Waals surface area contributed by atoms with Gasteiger partial charge in [-0.3, -0.25) is 9.36 Å². The van der Waals surface area contributed by atoms with Crippen molar-refractivity contribution >= 4 is 17.7 Å². The SMILES string of the molecule is COc1ccc(-n2c(C)nnc2SCC(=O)NCCc2ccc(F)cc2)cc1. The molecular weight excluding hydrogens is 379 g/mol. The van der Waals surface area contributed by atoms with Gasteiger partial charge >= 0.3 is 0 Å². The van der Waals surface area contributed by atoms with Crippen molar-refractivity contribution in [2.45, 2.75) is 18.5 Å². The summed E-state index contributed by atoms with van der Waals surface area (Å²) in [6.45, 7) is 2.36. The average molecular weight is 400 g/mol. The fourth-order valence-electron chi connectivity index (χ4n) is 2.64. The van der Waals surface area contributed by atoms with Crippen molar-refractivity contribution in [2.24, 2.45) is 0 Å². The fraction of sp³-hybridized carbons (Fsp3) is 0.250. The minimum Gasteiger partial charge on any atom is -0.497 e. The molecule has 0 radical (unpaired) electrons. The summed E-state index contributed by atoms with van der Waals surface area (Å²) in [5.74, 6) is 1.39. The Morgan fingerprint density at radius 3 is 2.54 bits per heavy atom. The molecule has 0 saturated heterocycles. The van der Waals surface area contributed by atoms with Gasteiger partial charge in [-0.15, -0.1) is 10.2 Å². The minimum absolute atomic E-state index is 0.0888. The number of nitrogens with zero attached hydrogens (tertiary/aromatic N) is 3. The quantitative estimate of drug-likeness (QED) is 0.588. The van der Waals surface area contributed by atoms with Crippen molar-refractivity contribution in [3.63, 3.8) is 0 Å². The van der Waals surface area contributed by atoms with Crippen LogP contribution in [0.1, 0.15) is 11.4 Å². The van der Waals surface area contributed by atoms with Gasteiger partial charge in [0.05, 0.1) is 12.9 Å². The number of aryl methyl sites for hydroxylation is 1. The van der Waals surface area contributed by atoms with Crippen LogP contribution in [0, 0.1) is 12.7 Å². The molecule has 1 aromatic heterocycles. The molecule has 28 heavy (non-hydrogen) atoms. The lowest BCUT2D eigenvalue weighted by atomic mass is 10.1. The molecular formula is C20H21FN4O2S. The molecule has 0 aliphatic heterocycles. The Labute approximate surface area is 167 Å². The average Bonchev–Trinajstić information content (AvgIpc) is 3.08. The molecule has 0 aliphatic carbocycles. The zero-order valence-corrected chi connectivity index (χ0v) is 16.5. The predicted octanol–water partition coefficient (Wildman–Crippen LogP) is 3.17. The summed E-state index contributed by atoms with van der Waals surface area (Å²) in [6, 6.07) is 13.8. The monoisotopic (exact) mass is 400 g/mol. The molecule has 1 amide bonds. The first-order valence-corrected chi connectivity index (χ1v) is 9.76. The van der Waals surface area contributed by atoms with Crippen molar-refractivity contribution < 1.29 is 13.9 Å². The van der Waals surface area contributed by atoms with Crippen LogP contribution in [0.25, 0.3) is 5.69 Å². The third kappa shape index (κ3) is 5.10. The third-order valence-electron chi connectivity index (χ3n) is 4.11. The van der Waals surface area contributed by atoms with Crippen LogP contribution in [-0.4, -0.2) is 40.1 Å². The van der Waals surface area contributed by atoms with Crippen molar-refractivity contribution in [1.82, 2.24) is 20.1 Å². The van der Waals surface area contributed by atoms with Crippen LogP contribution < -0.4 is 10.1 Å². The van der Waals surface area contributed by atoms with Crippen molar-refractivity contribution in [2.75, 3.05) is 19.4 Å². The van der Waals surface area contributed by atoms with Gasteiger partial charge in [0.2, 0.25) is 5.91 Å². The molecule has 3 aromatic rings. The maximum atomic E-state index is 12.9. The number of methoxy groups -OCH3 is 1. The second kappa shape index (κ2) is 9.36. The molecule has 0 spiro atoms. The van der Waals surface area contributed by atoms with E-state index in [1.54, 1.807) is 19.2 Å². The van der Waals surface area contributed by atoms with E-state index in [2.05, 4.69) is 15.5 Å². The molecule has 0 atom stereocenters. The molecule has 8 heteroatoms. The number of halogens is 1. The lowest BCUT2D eigenvalue weighted by molar-refractivity contribution is -0.118. The molecule has 146 valence electrons. The van der Waals surface area contributed by atoms with Crippen LogP contribution in [0.2, 0.25) is 0 Å². The maximum Gasteiger partial charge on any atom is 0.230 e. The zero-order valence-electron chi connectivity index (χ0n) is 15.7. The molecule has 1 N–H and O–H groups in total. The van der Waals surface area contributed by atoms with E-state index in [0.29, 0.717) is 18.1 Å². The van der Waals surface area contributed by atoms with E-state index in [9.17, 15) is 9.18 Å². The van der Waals surface area contributed by atoms with E-state index in [0.717, 1.165) is 22.8 Å². The maximum absolute atomic E-state index is 12.9. The van der Waals surface area contributed by atoms with E-state index < -0.39 is 0 Å². The molecule has 0 aliphatic rings. The number of carbonyl (C=O) groups is 1. The highest BCUT2D eigenvalue weighted by Gasteiger charge is 2.13. The van der Waals surface area contributed by atoms with Gasteiger partial charge in [-0.2, -0.15) is 0 Å². The summed E-state index contributed by atoms with van der Waals surface area (Å²) >= 11 is 1.33. The number of carbonyl (C=O) groups excluding carboxylic acids is 1. The summed E-state index contributed by atoms with van der Waals surface area (Å²) in [7, 11) is 1.62. The number of rotatable bonds is 8. The number of ether oxygens (including phenoxy) is 1. The van der Waals surface area contributed by atoms with Crippen LogP contribution in [0.5, 0.6) is 5.75 Å². The normalized spacial score (nSPS) is 10.7. The van der Waals surface area contributed by atoms with Gasteiger partial charge in [-0.25, -0.2) is 4.39 Å². The number of thioether (sulfide) groups is 1. The van der Waals surface area contributed by atoms with Gasteiger partial charge in [0.25, 0.3) is 0 Å². The van der Waals surface area contributed by atoms with E-state index in [1.807, 2.05) is 35.8 Å². The van der Waals surface area contributed by atoms with Crippen LogP contribution in [0.3, 0.4) is 0 Å². The van der Waals surface area contributed by atoms with E-state index in [-0.39, 0.29) is 17.5 Å². The molecule has 2 aromatic carbocycles. The molecule has 6 nitrogen and oxygen atoms in total. The van der Waals surface area contributed by atoms with E-state index >= 15 is 0 Å². The molecule has 0 unspecified atom stereocenters. The van der Waals surface area contributed by atoms with Crippen molar-refractivity contribution in [3.8, 4) is 11.4 Å². The molecule has 0 saturated carbocycles. The van der Waals surface area contributed by atoms with Crippen molar-refractivity contribution in [3.05, 3.63) is 65.7 Å². The Morgan fingerprint density at radius 2 is 1.86 bits per heavy atom. The first-order valence-electron chi connectivity index (χ1n) is 8.77. The van der Waals surface area contributed by atoms with Gasteiger partial charge in [0.15, 0.2) is 5.16 Å². The topological polar surface area (TPSA) is 69.0 Å². The summed E-state index contributed by atoms with van der Waals surface area (Å²) in [5, 5.41) is 11.8. The van der Waals surface area contributed by atoms with Crippen LogP contribution >= 0.6 is 11.8 Å². The van der Waals surface area contributed by atoms with Crippen molar-refractivity contribution in [1.29, 1.82) is 0 Å². The number of hydrogen-bond acceptors (Lipinski definition) is 5. The Hall–Kier alpha value is -2.87. The van der Waals surface area contributed by atoms with Gasteiger partial charge in [-0.1, -0.05) is 23.9 Å². The van der Waals surface area contributed by atoms with E-state index in [4.69, 9.17) is 4.74 Å². The van der Waals surface area contributed by atoms with Gasteiger partial charge < -0.3 is 10.1 Å². The Kier molecular flexibility index (Phi) is 6.65. The Bertz CT molecular complexity index is 926. The number of benzene rings is 2. The predicted molar refractivity (Wildman–Crippen MR) is 106 cm³/mol. The highest BCUT2D eigenvalue weighted by Crippen LogP contribution is 2.23. The van der Waals surface area contributed by atoms with Crippen LogP contribution in [0.15, 0.2) is 53.7 Å². The first-order chi connectivity index (χ1) is 13.6. The number of hydrogen-bond donors (Lipinski definition) is 1. The molecule has 0 bridgehead atoms. The lowest BCUT2D eigenvalue weighted by Crippen LogP contribution is -2.27. The second-order valence-corrected chi connectivity index (χ2v) is 7.02. The zero-order chi connectivity index (χ0) is 19.9. The van der Waals surface area contributed by atoms with Gasteiger partial charge in [0.1, 0.15) is 17.4 Å². The highest BCUT2D eigenvalue weighted by molar-refractivity contribution is 7.99. The second-order valence-electron chi connectivity index (χ2n) is 6.08. The smallest absolute Gasteiger partial charge is 0.230 e. The largest absolute Gasteiger partial charge is 0.497 e. The number of aromatic nitrogens is 3. The molecule has 3 rings (SSSR count). The summed E-state index contributed by atoms with van der Waals surface area (Å²) in [6.07, 6.45) is 0.651. The summed E-state index contributed by atoms with van der Waals surface area (Å²) < 4.78 is 20.0. The van der Waals surface area contributed by atoms with Crippen LogP contribution in [0.4, 0.5) is 4.39 Å². The highest BCUT2D eigenvalue weighted by atomic mass is 32.2. The van der Waals surface area contributed by atoms with E-state index in [1.165, 1.54) is 23.9 Å². The molecule has 0 fully saturated rings. The standard InChI is InChI=1S/C20H21FN4O2S/c1-14-23-24-20(25(14)17-7-9-18(27-2)10-8-17)28-13-19(26)22-12-11-15-3-5-16(21)6-4-15/h3-10H,11-13H2,1-2H3,(H,22,26). The Balaban J connectivity index is 1.54. The third-order valence-corrected chi connectivity index (χ3v) is 5.04. The minimum atomic E-state index is -0.263. The summed E-state index contributed by atoms with van der Waals surface area (Å²) in [5.41, 5.74) is 1.88. The van der Waals surface area contributed by atoms with Gasteiger partial charge in [0, 0.05) is 12.2 Å². The fourth-order valence-corrected chi connectivity index (χ4v) is 3.47. The number of nitrogens with one attached hydrogen (secondary N) is 1. The lowest BCUT2D eigenvalue weighted by Gasteiger charge is -2.09. The number of amides is 1. The molecule has 1 heterocycles. The Morgan fingerprint density at radius 1 is 1.14 bits per heavy atom. The van der Waals surface area contributed by atoms with Gasteiger partial charge in [-0.05, 0) is 55.3 Å². The first kappa shape index (κ1) is 19.9.